The molecule has 1 aliphatic rings. The molecule has 0 aromatic carbocycles. The average molecular weight is 283 g/mol. The normalized spacial score (nSPS) is 18.5. The Bertz CT molecular complexity index is 212. The SMILES string of the molecule is CCCN1CC(Br)=C(Br)C1=O. The second kappa shape index (κ2) is 3.72. The predicted molar refractivity (Wildman–Crippen MR) is 51.8 cm³/mol. The fourth-order valence-corrected chi connectivity index (χ4v) is 1.86. The van der Waals surface area contributed by atoms with Crippen molar-refractivity contribution in [2.75, 3.05) is 13.1 Å². The van der Waals surface area contributed by atoms with Gasteiger partial charge >= 0.3 is 0 Å². The maximum Gasteiger partial charge on any atom is 0.262 e. The first-order valence-electron chi connectivity index (χ1n) is 3.50. The van der Waals surface area contributed by atoms with Gasteiger partial charge in [-0.15, -0.1) is 0 Å². The molecule has 0 atom stereocenters. The maximum atomic E-state index is 11.3. The van der Waals surface area contributed by atoms with Crippen molar-refractivity contribution in [1.82, 2.24) is 4.90 Å². The molecule has 0 bridgehead atoms. The molecule has 1 aliphatic heterocycles. The molecule has 0 spiro atoms. The van der Waals surface area contributed by atoms with Crippen LogP contribution in [0.3, 0.4) is 0 Å². The Morgan fingerprint density at radius 3 is 2.55 bits per heavy atom. The summed E-state index contributed by atoms with van der Waals surface area (Å²) in [6.45, 7) is 3.61. The van der Waals surface area contributed by atoms with E-state index in [1.807, 2.05) is 4.90 Å². The van der Waals surface area contributed by atoms with Gasteiger partial charge in [-0.2, -0.15) is 0 Å². The van der Waals surface area contributed by atoms with Gasteiger partial charge in [-0.3, -0.25) is 4.79 Å². The molecule has 0 aromatic rings. The largest absolute Gasteiger partial charge is 0.333 e. The van der Waals surface area contributed by atoms with Crippen LogP contribution in [0.25, 0.3) is 0 Å². The predicted octanol–water partition coefficient (Wildman–Crippen LogP) is 2.24. The molecule has 0 saturated heterocycles. The molecule has 0 aromatic heterocycles. The zero-order chi connectivity index (χ0) is 8.43. The van der Waals surface area contributed by atoms with Crippen LogP contribution in [-0.4, -0.2) is 23.9 Å². The van der Waals surface area contributed by atoms with Crippen LogP contribution in [0.4, 0.5) is 0 Å². The van der Waals surface area contributed by atoms with Crippen LogP contribution in [0.1, 0.15) is 13.3 Å². The molecule has 0 saturated carbocycles. The van der Waals surface area contributed by atoms with Crippen LogP contribution in [0, 0.1) is 0 Å². The average Bonchev–Trinajstić information content (AvgIpc) is 2.19. The van der Waals surface area contributed by atoms with Crippen LogP contribution in [0.5, 0.6) is 0 Å². The fraction of sp³-hybridized carbons (Fsp3) is 0.571. The molecule has 1 heterocycles. The maximum absolute atomic E-state index is 11.3. The third-order valence-corrected chi connectivity index (χ3v) is 3.53. The summed E-state index contributed by atoms with van der Waals surface area (Å²) in [5.74, 6) is 0.0960. The summed E-state index contributed by atoms with van der Waals surface area (Å²) < 4.78 is 1.63. The van der Waals surface area contributed by atoms with E-state index in [1.165, 1.54) is 0 Å². The van der Waals surface area contributed by atoms with E-state index in [0.29, 0.717) is 11.0 Å². The molecule has 11 heavy (non-hydrogen) atoms. The molecule has 0 aliphatic carbocycles. The Kier molecular flexibility index (Phi) is 3.13. The Hall–Kier alpha value is 0.170. The van der Waals surface area contributed by atoms with Crippen molar-refractivity contribution in [3.05, 3.63) is 8.96 Å². The minimum atomic E-state index is 0.0960. The van der Waals surface area contributed by atoms with Gasteiger partial charge in [-0.1, -0.05) is 22.9 Å². The number of carbonyl (C=O) groups is 1. The Morgan fingerprint density at radius 2 is 2.18 bits per heavy atom. The van der Waals surface area contributed by atoms with Crippen molar-refractivity contribution < 1.29 is 4.79 Å². The number of nitrogens with zero attached hydrogens (tertiary/aromatic N) is 1. The summed E-state index contributed by atoms with van der Waals surface area (Å²) in [7, 11) is 0. The van der Waals surface area contributed by atoms with Gasteiger partial charge in [0.1, 0.15) is 0 Å². The van der Waals surface area contributed by atoms with Crippen molar-refractivity contribution in [2.24, 2.45) is 0 Å². The van der Waals surface area contributed by atoms with Gasteiger partial charge in [0.25, 0.3) is 5.91 Å². The van der Waals surface area contributed by atoms with Crippen LogP contribution < -0.4 is 0 Å². The lowest BCUT2D eigenvalue weighted by molar-refractivity contribution is -0.124. The highest BCUT2D eigenvalue weighted by atomic mass is 79.9. The zero-order valence-electron chi connectivity index (χ0n) is 6.23. The van der Waals surface area contributed by atoms with Gasteiger partial charge in [0.2, 0.25) is 0 Å². The molecule has 2 nitrogen and oxygen atoms in total. The van der Waals surface area contributed by atoms with Gasteiger partial charge in [0, 0.05) is 11.0 Å². The van der Waals surface area contributed by atoms with E-state index in [4.69, 9.17) is 0 Å². The summed E-state index contributed by atoms with van der Waals surface area (Å²) in [4.78, 5) is 13.1. The summed E-state index contributed by atoms with van der Waals surface area (Å²) in [6.07, 6.45) is 1.01. The zero-order valence-corrected chi connectivity index (χ0v) is 9.40. The summed E-state index contributed by atoms with van der Waals surface area (Å²) in [5, 5.41) is 0. The third-order valence-electron chi connectivity index (χ3n) is 1.54. The Balaban J connectivity index is 2.63. The van der Waals surface area contributed by atoms with E-state index in [0.717, 1.165) is 17.4 Å². The van der Waals surface area contributed by atoms with Crippen LogP contribution in [0.2, 0.25) is 0 Å². The van der Waals surface area contributed by atoms with Gasteiger partial charge in [0.15, 0.2) is 0 Å². The second-order valence-electron chi connectivity index (χ2n) is 2.45. The van der Waals surface area contributed by atoms with Crippen LogP contribution in [0.15, 0.2) is 8.96 Å². The highest BCUT2D eigenvalue weighted by molar-refractivity contribution is 9.14. The van der Waals surface area contributed by atoms with E-state index in [9.17, 15) is 4.79 Å². The first-order valence-corrected chi connectivity index (χ1v) is 5.08. The van der Waals surface area contributed by atoms with Crippen molar-refractivity contribution >= 4 is 37.8 Å². The smallest absolute Gasteiger partial charge is 0.262 e. The van der Waals surface area contributed by atoms with E-state index in [-0.39, 0.29) is 5.91 Å². The molecule has 0 radical (unpaired) electrons. The first-order chi connectivity index (χ1) is 5.16. The molecule has 0 unspecified atom stereocenters. The Labute approximate surface area is 82.9 Å². The van der Waals surface area contributed by atoms with E-state index >= 15 is 0 Å². The Morgan fingerprint density at radius 1 is 1.55 bits per heavy atom. The number of carbonyl (C=O) groups excluding carboxylic acids is 1. The van der Waals surface area contributed by atoms with Crippen LogP contribution >= 0.6 is 31.9 Å². The summed E-state index contributed by atoms with van der Waals surface area (Å²) in [5.41, 5.74) is 0. The van der Waals surface area contributed by atoms with Gasteiger partial charge in [0.05, 0.1) is 11.0 Å². The van der Waals surface area contributed by atoms with Gasteiger partial charge in [-0.05, 0) is 22.4 Å². The number of hydrogen-bond donors (Lipinski definition) is 0. The topological polar surface area (TPSA) is 20.3 Å². The molecule has 0 N–H and O–H groups in total. The summed E-state index contributed by atoms with van der Waals surface area (Å²) in [6, 6.07) is 0. The van der Waals surface area contributed by atoms with Crippen molar-refractivity contribution in [1.29, 1.82) is 0 Å². The molecular formula is C7H9Br2NO. The van der Waals surface area contributed by atoms with E-state index < -0.39 is 0 Å². The van der Waals surface area contributed by atoms with Crippen molar-refractivity contribution in [2.45, 2.75) is 13.3 Å². The molecular weight excluding hydrogens is 274 g/mol. The lowest BCUT2D eigenvalue weighted by atomic mass is 10.4. The minimum absolute atomic E-state index is 0.0960. The third kappa shape index (κ3) is 1.85. The van der Waals surface area contributed by atoms with Crippen molar-refractivity contribution in [3.63, 3.8) is 0 Å². The molecule has 4 heteroatoms. The molecule has 1 amide bonds. The van der Waals surface area contributed by atoms with E-state index in [1.54, 1.807) is 0 Å². The number of rotatable bonds is 2. The monoisotopic (exact) mass is 281 g/mol. The molecule has 0 fully saturated rings. The summed E-state index contributed by atoms with van der Waals surface area (Å²) >= 11 is 6.55. The first kappa shape index (κ1) is 9.26. The number of halogens is 2. The van der Waals surface area contributed by atoms with Crippen LogP contribution in [-0.2, 0) is 4.79 Å². The van der Waals surface area contributed by atoms with Crippen molar-refractivity contribution in [3.8, 4) is 0 Å². The second-order valence-corrected chi connectivity index (χ2v) is 4.20. The fourth-order valence-electron chi connectivity index (χ4n) is 1.01. The minimum Gasteiger partial charge on any atom is -0.333 e. The standard InChI is InChI=1S/C7H9Br2NO/c1-2-3-10-4-5(8)6(9)7(10)11/h2-4H2,1H3. The highest BCUT2D eigenvalue weighted by Crippen LogP contribution is 2.27. The quantitative estimate of drug-likeness (QED) is 0.761. The highest BCUT2D eigenvalue weighted by Gasteiger charge is 2.26. The molecule has 1 rings (SSSR count). The lowest BCUT2D eigenvalue weighted by Gasteiger charge is -2.13. The lowest BCUT2D eigenvalue weighted by Crippen LogP contribution is -2.27. The van der Waals surface area contributed by atoms with Gasteiger partial charge in [-0.25, -0.2) is 0 Å². The molecule has 62 valence electrons. The van der Waals surface area contributed by atoms with Gasteiger partial charge < -0.3 is 4.90 Å². The number of amides is 1. The number of hydrogen-bond acceptors (Lipinski definition) is 1. The van der Waals surface area contributed by atoms with E-state index in [2.05, 4.69) is 38.8 Å².